The molecule has 28 heavy (non-hydrogen) atoms. The van der Waals surface area contributed by atoms with E-state index in [1.165, 1.54) is 23.8 Å². The lowest BCUT2D eigenvalue weighted by Crippen LogP contribution is -2.19. The molecule has 2 aromatic heterocycles. The lowest BCUT2D eigenvalue weighted by molar-refractivity contribution is 0.291. The molecular weight excluding hydrogens is 372 g/mol. The first-order valence-electron chi connectivity index (χ1n) is 10.2. The molecule has 4 rings (SSSR count). The lowest BCUT2D eigenvalue weighted by atomic mass is 10.0. The largest absolute Gasteiger partial charge is 0.477 e. The molecule has 2 heterocycles. The minimum absolute atomic E-state index is 0.673. The van der Waals surface area contributed by atoms with Crippen LogP contribution in [0.3, 0.4) is 0 Å². The Balaban J connectivity index is 1.11. The molecule has 5 nitrogen and oxygen atoms in total. The van der Waals surface area contributed by atoms with E-state index in [1.54, 1.807) is 6.20 Å². The van der Waals surface area contributed by atoms with E-state index in [-0.39, 0.29) is 0 Å². The van der Waals surface area contributed by atoms with E-state index >= 15 is 0 Å². The third-order valence-electron chi connectivity index (χ3n) is 5.28. The highest BCUT2D eigenvalue weighted by atomic mass is 35.5. The number of nitrogens with one attached hydrogen (secondary N) is 2. The van der Waals surface area contributed by atoms with Gasteiger partial charge in [0.25, 0.3) is 0 Å². The van der Waals surface area contributed by atoms with Gasteiger partial charge >= 0.3 is 0 Å². The standard InChI is InChI=1S/C22H27ClN4O/c23-17-7-8-19-18(13-17)16(14-25-19)9-11-24-10-3-4-12-28-22-15-26-20-5-1-2-6-21(20)27-22/h7-8,13-15,24-25H,1-6,9-12H2. The van der Waals surface area contributed by atoms with E-state index in [2.05, 4.69) is 26.5 Å². The predicted molar refractivity (Wildman–Crippen MR) is 113 cm³/mol. The summed E-state index contributed by atoms with van der Waals surface area (Å²) in [5, 5.41) is 5.51. The third-order valence-corrected chi connectivity index (χ3v) is 5.52. The van der Waals surface area contributed by atoms with Crippen molar-refractivity contribution in [3.8, 4) is 5.88 Å². The van der Waals surface area contributed by atoms with Crippen LogP contribution in [-0.4, -0.2) is 34.6 Å². The first-order valence-corrected chi connectivity index (χ1v) is 10.6. The normalized spacial score (nSPS) is 13.6. The number of rotatable bonds is 9. The monoisotopic (exact) mass is 398 g/mol. The number of nitrogens with zero attached hydrogens (tertiary/aromatic N) is 2. The van der Waals surface area contributed by atoms with Crippen molar-refractivity contribution in [3.63, 3.8) is 0 Å². The van der Waals surface area contributed by atoms with E-state index in [9.17, 15) is 0 Å². The summed E-state index contributed by atoms with van der Waals surface area (Å²) in [6, 6.07) is 5.98. The molecule has 2 N–H and O–H groups in total. The van der Waals surface area contributed by atoms with Gasteiger partial charge in [-0.25, -0.2) is 4.98 Å². The number of ether oxygens (including phenoxy) is 1. The minimum atomic E-state index is 0.673. The summed E-state index contributed by atoms with van der Waals surface area (Å²) >= 11 is 6.11. The molecule has 1 aromatic carbocycles. The topological polar surface area (TPSA) is 62.8 Å². The van der Waals surface area contributed by atoms with Crippen LogP contribution in [0.2, 0.25) is 5.02 Å². The molecule has 0 aliphatic heterocycles. The first kappa shape index (κ1) is 19.2. The quantitative estimate of drug-likeness (QED) is 0.521. The molecule has 0 bridgehead atoms. The van der Waals surface area contributed by atoms with Crippen LogP contribution < -0.4 is 10.1 Å². The second-order valence-corrected chi connectivity index (χ2v) is 7.80. The van der Waals surface area contributed by atoms with Gasteiger partial charge in [-0.3, -0.25) is 4.98 Å². The van der Waals surface area contributed by atoms with Crippen LogP contribution in [0.15, 0.2) is 30.6 Å². The average molecular weight is 399 g/mol. The fourth-order valence-electron chi connectivity index (χ4n) is 3.73. The smallest absolute Gasteiger partial charge is 0.232 e. The molecule has 1 aliphatic carbocycles. The number of benzene rings is 1. The lowest BCUT2D eigenvalue weighted by Gasteiger charge is -2.14. The van der Waals surface area contributed by atoms with Crippen LogP contribution >= 0.6 is 11.6 Å². The van der Waals surface area contributed by atoms with E-state index in [0.717, 1.165) is 67.1 Å². The molecule has 0 unspecified atom stereocenters. The number of fused-ring (bicyclic) bond motifs is 2. The van der Waals surface area contributed by atoms with Crippen molar-refractivity contribution < 1.29 is 4.74 Å². The summed E-state index contributed by atoms with van der Waals surface area (Å²) in [6.07, 6.45) is 11.5. The Morgan fingerprint density at radius 2 is 2.00 bits per heavy atom. The van der Waals surface area contributed by atoms with Crippen LogP contribution in [0.25, 0.3) is 10.9 Å². The Bertz CT molecular complexity index is 924. The fourth-order valence-corrected chi connectivity index (χ4v) is 3.90. The van der Waals surface area contributed by atoms with E-state index < -0.39 is 0 Å². The number of aromatic nitrogens is 3. The van der Waals surface area contributed by atoms with Gasteiger partial charge in [0.15, 0.2) is 0 Å². The molecule has 0 saturated heterocycles. The zero-order chi connectivity index (χ0) is 19.2. The molecule has 0 fully saturated rings. The number of unbranched alkanes of at least 4 members (excludes halogenated alkanes) is 1. The Morgan fingerprint density at radius 1 is 1.11 bits per heavy atom. The van der Waals surface area contributed by atoms with Gasteiger partial charge in [0.1, 0.15) is 0 Å². The highest BCUT2D eigenvalue weighted by molar-refractivity contribution is 6.31. The molecule has 0 spiro atoms. The van der Waals surface area contributed by atoms with Gasteiger partial charge in [0.2, 0.25) is 5.88 Å². The van der Waals surface area contributed by atoms with Crippen molar-refractivity contribution in [3.05, 3.63) is 52.6 Å². The molecule has 148 valence electrons. The van der Waals surface area contributed by atoms with Crippen molar-refractivity contribution in [2.45, 2.75) is 44.9 Å². The third kappa shape index (κ3) is 4.83. The number of H-pyrrole nitrogens is 1. The van der Waals surface area contributed by atoms with Gasteiger partial charge < -0.3 is 15.0 Å². The molecular formula is C22H27ClN4O. The van der Waals surface area contributed by atoms with Crippen molar-refractivity contribution >= 4 is 22.5 Å². The Labute approximate surface area is 170 Å². The van der Waals surface area contributed by atoms with Gasteiger partial charge in [-0.1, -0.05) is 11.6 Å². The summed E-state index contributed by atoms with van der Waals surface area (Å²) in [4.78, 5) is 12.4. The summed E-state index contributed by atoms with van der Waals surface area (Å²) in [6.45, 7) is 2.63. The van der Waals surface area contributed by atoms with Gasteiger partial charge in [-0.15, -0.1) is 0 Å². The highest BCUT2D eigenvalue weighted by Crippen LogP contribution is 2.22. The maximum Gasteiger partial charge on any atom is 0.232 e. The van der Waals surface area contributed by atoms with Gasteiger partial charge in [0, 0.05) is 22.1 Å². The predicted octanol–water partition coefficient (Wildman–Crippen LogP) is 4.48. The fraction of sp³-hybridized carbons (Fsp3) is 0.455. The van der Waals surface area contributed by atoms with Crippen LogP contribution in [-0.2, 0) is 19.3 Å². The number of aryl methyl sites for hydroxylation is 2. The van der Waals surface area contributed by atoms with Gasteiger partial charge in [0.05, 0.1) is 24.2 Å². The van der Waals surface area contributed by atoms with Gasteiger partial charge in [-0.05, 0) is 81.8 Å². The SMILES string of the molecule is Clc1ccc2[nH]cc(CCNCCCCOc3cnc4c(n3)CCCC4)c2c1. The molecule has 3 aromatic rings. The Kier molecular flexibility index (Phi) is 6.45. The molecule has 0 atom stereocenters. The maximum atomic E-state index is 6.11. The second-order valence-electron chi connectivity index (χ2n) is 7.37. The summed E-state index contributed by atoms with van der Waals surface area (Å²) in [5.41, 5.74) is 4.73. The first-order chi connectivity index (χ1) is 13.8. The molecule has 0 amide bonds. The summed E-state index contributed by atoms with van der Waals surface area (Å²) < 4.78 is 5.78. The summed E-state index contributed by atoms with van der Waals surface area (Å²) in [7, 11) is 0. The van der Waals surface area contributed by atoms with Crippen LogP contribution in [0.1, 0.15) is 42.6 Å². The van der Waals surface area contributed by atoms with Crippen molar-refractivity contribution in [1.82, 2.24) is 20.3 Å². The highest BCUT2D eigenvalue weighted by Gasteiger charge is 2.12. The van der Waals surface area contributed by atoms with Crippen LogP contribution in [0.4, 0.5) is 0 Å². The van der Waals surface area contributed by atoms with E-state index in [0.29, 0.717) is 12.5 Å². The Hall–Kier alpha value is -2.11. The van der Waals surface area contributed by atoms with Crippen LogP contribution in [0.5, 0.6) is 5.88 Å². The van der Waals surface area contributed by atoms with Crippen LogP contribution in [0, 0.1) is 0 Å². The maximum absolute atomic E-state index is 6.11. The van der Waals surface area contributed by atoms with E-state index in [4.69, 9.17) is 16.3 Å². The average Bonchev–Trinajstić information content (AvgIpc) is 3.12. The molecule has 1 aliphatic rings. The summed E-state index contributed by atoms with van der Waals surface area (Å²) in [5.74, 6) is 0.673. The minimum Gasteiger partial charge on any atom is -0.477 e. The van der Waals surface area contributed by atoms with E-state index in [1.807, 2.05) is 18.2 Å². The number of hydrogen-bond donors (Lipinski definition) is 2. The number of aromatic amines is 1. The van der Waals surface area contributed by atoms with Gasteiger partial charge in [-0.2, -0.15) is 0 Å². The zero-order valence-corrected chi connectivity index (χ0v) is 16.9. The van der Waals surface area contributed by atoms with Crippen molar-refractivity contribution in [2.75, 3.05) is 19.7 Å². The molecule has 0 radical (unpaired) electrons. The molecule has 0 saturated carbocycles. The second kappa shape index (κ2) is 9.39. The Morgan fingerprint density at radius 3 is 2.93 bits per heavy atom. The van der Waals surface area contributed by atoms with Crippen molar-refractivity contribution in [1.29, 1.82) is 0 Å². The van der Waals surface area contributed by atoms with Crippen molar-refractivity contribution in [2.24, 2.45) is 0 Å². The zero-order valence-electron chi connectivity index (χ0n) is 16.1. The number of halogens is 1. The number of hydrogen-bond acceptors (Lipinski definition) is 4. The molecule has 6 heteroatoms.